The maximum atomic E-state index is 13.7. The van der Waals surface area contributed by atoms with Crippen LogP contribution in [-0.2, 0) is 9.73 Å². The number of rotatable bonds is 7. The van der Waals surface area contributed by atoms with Crippen molar-refractivity contribution in [2.45, 2.75) is 46.5 Å². The molecular formula is C25H29FN4OS. The van der Waals surface area contributed by atoms with Gasteiger partial charge in [-0.1, -0.05) is 46.2 Å². The molecule has 0 aliphatic carbocycles. The SMILES string of the molecule is CCCCS(=O)(CC)=Nc1nc(C(C)C)c(-c2ccc(F)cc2)c2cc3cn[nH]c3cc12. The van der Waals surface area contributed by atoms with Gasteiger partial charge in [-0.05, 0) is 47.6 Å². The summed E-state index contributed by atoms with van der Waals surface area (Å²) < 4.78 is 32.0. The Morgan fingerprint density at radius 2 is 1.88 bits per heavy atom. The largest absolute Gasteiger partial charge is 0.278 e. The van der Waals surface area contributed by atoms with E-state index in [2.05, 4.69) is 37.0 Å². The molecular weight excluding hydrogens is 423 g/mol. The number of nitrogens with one attached hydrogen (secondary N) is 1. The number of hydrogen-bond acceptors (Lipinski definition) is 4. The molecule has 0 radical (unpaired) electrons. The summed E-state index contributed by atoms with van der Waals surface area (Å²) in [6.07, 6.45) is 3.62. The third kappa shape index (κ3) is 4.26. The molecule has 5 nitrogen and oxygen atoms in total. The van der Waals surface area contributed by atoms with Crippen LogP contribution in [0, 0.1) is 5.82 Å². The molecule has 32 heavy (non-hydrogen) atoms. The van der Waals surface area contributed by atoms with Gasteiger partial charge in [0.1, 0.15) is 5.82 Å². The number of benzene rings is 2. The van der Waals surface area contributed by atoms with Gasteiger partial charge in [0.05, 0.1) is 27.1 Å². The molecule has 0 aliphatic heterocycles. The van der Waals surface area contributed by atoms with E-state index in [1.807, 2.05) is 13.0 Å². The third-order valence-electron chi connectivity index (χ3n) is 5.77. The van der Waals surface area contributed by atoms with Crippen molar-refractivity contribution in [2.75, 3.05) is 11.5 Å². The van der Waals surface area contributed by atoms with E-state index < -0.39 is 9.73 Å². The smallest absolute Gasteiger partial charge is 0.169 e. The van der Waals surface area contributed by atoms with Crippen molar-refractivity contribution in [3.05, 3.63) is 54.1 Å². The molecule has 0 amide bonds. The van der Waals surface area contributed by atoms with Crippen LogP contribution in [0.4, 0.5) is 10.2 Å². The number of H-pyrrole nitrogens is 1. The molecule has 0 spiro atoms. The Labute approximate surface area is 188 Å². The van der Waals surface area contributed by atoms with Gasteiger partial charge in [-0.2, -0.15) is 9.46 Å². The Morgan fingerprint density at radius 1 is 1.12 bits per heavy atom. The van der Waals surface area contributed by atoms with Crippen molar-refractivity contribution in [2.24, 2.45) is 4.36 Å². The van der Waals surface area contributed by atoms with Crippen molar-refractivity contribution in [3.63, 3.8) is 0 Å². The molecule has 4 aromatic rings. The highest BCUT2D eigenvalue weighted by Crippen LogP contribution is 2.40. The molecule has 168 valence electrons. The van der Waals surface area contributed by atoms with Crippen molar-refractivity contribution < 1.29 is 8.60 Å². The molecule has 1 atom stereocenters. The van der Waals surface area contributed by atoms with Crippen molar-refractivity contribution in [1.82, 2.24) is 15.2 Å². The summed E-state index contributed by atoms with van der Waals surface area (Å²) in [6.45, 7) is 8.17. The molecule has 1 unspecified atom stereocenters. The lowest BCUT2D eigenvalue weighted by atomic mass is 9.92. The first kappa shape index (κ1) is 22.4. The van der Waals surface area contributed by atoms with E-state index in [1.165, 1.54) is 12.1 Å². The Hall–Kier alpha value is -2.80. The predicted molar refractivity (Wildman–Crippen MR) is 131 cm³/mol. The average Bonchev–Trinajstić information content (AvgIpc) is 3.24. The highest BCUT2D eigenvalue weighted by molar-refractivity contribution is 7.93. The number of aromatic amines is 1. The van der Waals surface area contributed by atoms with Crippen LogP contribution < -0.4 is 0 Å². The fraction of sp³-hybridized carbons (Fsp3) is 0.360. The molecule has 0 bridgehead atoms. The summed E-state index contributed by atoms with van der Waals surface area (Å²) in [7, 11) is -2.41. The van der Waals surface area contributed by atoms with E-state index in [1.54, 1.807) is 18.3 Å². The molecule has 0 saturated carbocycles. The number of fused-ring (bicyclic) bond motifs is 2. The summed E-state index contributed by atoms with van der Waals surface area (Å²) in [6, 6.07) is 10.5. The van der Waals surface area contributed by atoms with Crippen LogP contribution in [0.1, 0.15) is 52.1 Å². The van der Waals surface area contributed by atoms with E-state index in [0.29, 0.717) is 17.3 Å². The minimum Gasteiger partial charge on any atom is -0.278 e. The quantitative estimate of drug-likeness (QED) is 0.329. The Bertz CT molecular complexity index is 1380. The van der Waals surface area contributed by atoms with Gasteiger partial charge < -0.3 is 0 Å². The summed E-state index contributed by atoms with van der Waals surface area (Å²) in [5.41, 5.74) is 3.58. The third-order valence-corrected chi connectivity index (χ3v) is 8.11. The van der Waals surface area contributed by atoms with Crippen LogP contribution in [0.5, 0.6) is 0 Å². The normalized spacial score (nSPS) is 13.7. The number of unbranched alkanes of at least 4 members (excludes halogenated alkanes) is 1. The van der Waals surface area contributed by atoms with E-state index in [-0.39, 0.29) is 11.7 Å². The molecule has 2 aromatic carbocycles. The van der Waals surface area contributed by atoms with Crippen LogP contribution in [0.2, 0.25) is 0 Å². The number of pyridine rings is 1. The summed E-state index contributed by atoms with van der Waals surface area (Å²) in [5.74, 6) is 1.38. The lowest BCUT2D eigenvalue weighted by Gasteiger charge is -2.18. The lowest BCUT2D eigenvalue weighted by Crippen LogP contribution is -2.09. The predicted octanol–water partition coefficient (Wildman–Crippen LogP) is 6.96. The van der Waals surface area contributed by atoms with E-state index in [0.717, 1.165) is 51.3 Å². The van der Waals surface area contributed by atoms with Gasteiger partial charge >= 0.3 is 0 Å². The maximum Gasteiger partial charge on any atom is 0.169 e. The van der Waals surface area contributed by atoms with Crippen molar-refractivity contribution in [3.8, 4) is 11.1 Å². The monoisotopic (exact) mass is 452 g/mol. The highest BCUT2D eigenvalue weighted by atomic mass is 32.2. The zero-order valence-electron chi connectivity index (χ0n) is 19.0. The topological polar surface area (TPSA) is 71.0 Å². The van der Waals surface area contributed by atoms with Crippen LogP contribution in [0.15, 0.2) is 47.0 Å². The highest BCUT2D eigenvalue weighted by Gasteiger charge is 2.20. The van der Waals surface area contributed by atoms with Gasteiger partial charge in [-0.25, -0.2) is 13.6 Å². The zero-order valence-corrected chi connectivity index (χ0v) is 19.8. The first-order chi connectivity index (χ1) is 15.3. The number of halogens is 1. The second-order valence-electron chi connectivity index (χ2n) is 8.42. The number of aromatic nitrogens is 3. The number of hydrogen-bond donors (Lipinski definition) is 1. The molecule has 2 heterocycles. The van der Waals surface area contributed by atoms with Gasteiger partial charge in [-0.3, -0.25) is 5.10 Å². The fourth-order valence-electron chi connectivity index (χ4n) is 3.94. The van der Waals surface area contributed by atoms with Gasteiger partial charge in [0.25, 0.3) is 0 Å². The molecule has 0 fully saturated rings. The fourth-order valence-corrected chi connectivity index (χ4v) is 5.64. The van der Waals surface area contributed by atoms with Crippen LogP contribution in [0.3, 0.4) is 0 Å². The van der Waals surface area contributed by atoms with E-state index >= 15 is 0 Å². The van der Waals surface area contributed by atoms with E-state index in [9.17, 15) is 8.60 Å². The minimum absolute atomic E-state index is 0.0989. The van der Waals surface area contributed by atoms with Gasteiger partial charge in [0.2, 0.25) is 0 Å². The Balaban J connectivity index is 2.11. The minimum atomic E-state index is -2.41. The van der Waals surface area contributed by atoms with Crippen molar-refractivity contribution >= 4 is 37.2 Å². The van der Waals surface area contributed by atoms with Gasteiger partial charge in [-0.15, -0.1) is 0 Å². The van der Waals surface area contributed by atoms with Crippen molar-refractivity contribution in [1.29, 1.82) is 0 Å². The van der Waals surface area contributed by atoms with Crippen LogP contribution >= 0.6 is 0 Å². The average molecular weight is 453 g/mol. The summed E-state index contributed by atoms with van der Waals surface area (Å²) in [4.78, 5) is 4.96. The Kier molecular flexibility index (Phi) is 6.29. The second-order valence-corrected chi connectivity index (χ2v) is 11.1. The van der Waals surface area contributed by atoms with Gasteiger partial charge in [0, 0.05) is 27.8 Å². The standard InChI is InChI=1S/C25H29FN4OS/c1-5-7-12-32(31,6-2)30-25-21-14-22-18(15-27-29-22)13-20(21)23(24(28-25)16(3)4)17-8-10-19(26)11-9-17/h8-11,13-16H,5-7,12H2,1-4H3,(H,27,29). The van der Waals surface area contributed by atoms with Crippen LogP contribution in [0.25, 0.3) is 32.8 Å². The second kappa shape index (κ2) is 8.98. The maximum absolute atomic E-state index is 13.7. The molecule has 0 aliphatic rings. The zero-order chi connectivity index (χ0) is 22.9. The lowest BCUT2D eigenvalue weighted by molar-refractivity contribution is 0.628. The first-order valence-electron chi connectivity index (χ1n) is 11.1. The summed E-state index contributed by atoms with van der Waals surface area (Å²) in [5, 5.41) is 9.93. The Morgan fingerprint density at radius 3 is 2.53 bits per heavy atom. The number of nitrogens with zero attached hydrogens (tertiary/aromatic N) is 3. The molecule has 2 aromatic heterocycles. The molecule has 1 N–H and O–H groups in total. The van der Waals surface area contributed by atoms with Gasteiger partial charge in [0.15, 0.2) is 5.82 Å². The van der Waals surface area contributed by atoms with E-state index in [4.69, 9.17) is 9.35 Å². The molecule has 4 rings (SSSR count). The molecule has 7 heteroatoms. The molecule has 0 saturated heterocycles. The van der Waals surface area contributed by atoms with Crippen LogP contribution in [-0.4, -0.2) is 30.9 Å². The first-order valence-corrected chi connectivity index (χ1v) is 13.0. The summed E-state index contributed by atoms with van der Waals surface area (Å²) >= 11 is 0.